The van der Waals surface area contributed by atoms with Gasteiger partial charge < -0.3 is 16.6 Å². The van der Waals surface area contributed by atoms with Crippen LogP contribution in [0.25, 0.3) is 0 Å². The molecule has 6 N–H and O–H groups in total. The van der Waals surface area contributed by atoms with Gasteiger partial charge in [0.05, 0.1) is 11.2 Å². The van der Waals surface area contributed by atoms with Crippen LogP contribution in [0.15, 0.2) is 39.4 Å². The minimum atomic E-state index is -1.14. The molecule has 4 aliphatic rings. The quantitative estimate of drug-likeness (QED) is 0.423. The molecule has 4 heterocycles. The summed E-state index contributed by atoms with van der Waals surface area (Å²) in [5, 5.41) is 12.7. The van der Waals surface area contributed by atoms with E-state index < -0.39 is 18.0 Å². The largest absolute Gasteiger partial charge is 0.477 e. The number of nitrogens with two attached hydrogens (primary N) is 2. The molecule has 156 valence electrons. The maximum atomic E-state index is 12.0. The lowest BCUT2D eigenvalue weighted by molar-refractivity contribution is -0.147. The summed E-state index contributed by atoms with van der Waals surface area (Å²) >= 11 is 2.83. The maximum absolute atomic E-state index is 12.0. The van der Waals surface area contributed by atoms with E-state index in [0.717, 1.165) is 15.7 Å². The second kappa shape index (κ2) is 7.91. The number of urea groups is 1. The van der Waals surface area contributed by atoms with Gasteiger partial charge in [0.2, 0.25) is 5.91 Å². The topological polar surface area (TPSA) is 158 Å². The lowest BCUT2D eigenvalue weighted by atomic mass is 10.0. The van der Waals surface area contributed by atoms with Gasteiger partial charge in [-0.2, -0.15) is 0 Å². The zero-order valence-electron chi connectivity index (χ0n) is 15.1. The fraction of sp³-hybridized carbons (Fsp3) is 0.333. The number of thioether (sulfide) groups is 2. The van der Waals surface area contributed by atoms with Gasteiger partial charge in [-0.05, 0) is 18.6 Å². The molecule has 1 fully saturated rings. The molecule has 0 aromatic carbocycles. The van der Waals surface area contributed by atoms with E-state index in [1.165, 1.54) is 34.6 Å². The molecule has 14 heteroatoms. The summed E-state index contributed by atoms with van der Waals surface area (Å²) in [7, 11) is 0. The molecule has 4 rings (SSSR count). The molecule has 11 nitrogen and oxygen atoms in total. The fourth-order valence-electron chi connectivity index (χ4n) is 3.13. The molecule has 0 aliphatic carbocycles. The number of nitrogens with zero attached hydrogens (tertiary/aromatic N) is 4. The molecular formula is C15H18ClN7O4S2. The highest BCUT2D eigenvalue weighted by Crippen LogP contribution is 2.41. The van der Waals surface area contributed by atoms with Crippen molar-refractivity contribution >= 4 is 59.6 Å². The zero-order valence-corrected chi connectivity index (χ0v) is 17.5. The number of allylic oxidation sites excluding steroid dienone is 1. The van der Waals surface area contributed by atoms with Crippen LogP contribution in [0.1, 0.15) is 6.92 Å². The molecule has 0 unspecified atom stereocenters. The first-order valence-electron chi connectivity index (χ1n) is 8.20. The summed E-state index contributed by atoms with van der Waals surface area (Å²) in [5.74, 6) is -0.199. The van der Waals surface area contributed by atoms with Crippen molar-refractivity contribution in [1.29, 1.82) is 0 Å². The molecule has 0 saturated carbocycles. The number of hydrazine groups is 2. The molecule has 0 aromatic heterocycles. The number of hydrogen-bond donors (Lipinski definition) is 4. The Morgan fingerprint density at radius 2 is 2.21 bits per heavy atom. The van der Waals surface area contributed by atoms with Gasteiger partial charge in [-0.1, -0.05) is 0 Å². The number of hydrogen-bond acceptors (Lipinski definition) is 9. The van der Waals surface area contributed by atoms with Crippen LogP contribution in [0.5, 0.6) is 0 Å². The molecule has 29 heavy (non-hydrogen) atoms. The Balaban J connectivity index is 0.00000240. The van der Waals surface area contributed by atoms with Crippen LogP contribution in [0.4, 0.5) is 4.79 Å². The smallest absolute Gasteiger partial charge is 0.352 e. The van der Waals surface area contributed by atoms with Crippen molar-refractivity contribution in [3.63, 3.8) is 0 Å². The number of nitrogens with one attached hydrogen (secondary N) is 1. The molecular weight excluding hydrogens is 442 g/mol. The van der Waals surface area contributed by atoms with E-state index in [1.807, 2.05) is 13.0 Å². The number of fused-ring (bicyclic) bond motifs is 2. The predicted molar refractivity (Wildman–Crippen MR) is 111 cm³/mol. The van der Waals surface area contributed by atoms with Crippen LogP contribution in [-0.4, -0.2) is 66.6 Å². The Hall–Kier alpha value is -2.19. The number of halogens is 1. The summed E-state index contributed by atoms with van der Waals surface area (Å²) < 4.78 is 0. The lowest BCUT2D eigenvalue weighted by Gasteiger charge is -2.48. The van der Waals surface area contributed by atoms with Gasteiger partial charge >= 0.3 is 12.0 Å². The second-order valence-corrected chi connectivity index (χ2v) is 8.45. The van der Waals surface area contributed by atoms with Gasteiger partial charge in [-0.15, -0.1) is 41.5 Å². The summed E-state index contributed by atoms with van der Waals surface area (Å²) in [6.07, 6.45) is 3.28. The van der Waals surface area contributed by atoms with Gasteiger partial charge in [-0.25, -0.2) is 24.6 Å². The number of aliphatic imine (C=N–C) groups is 1. The first-order chi connectivity index (χ1) is 13.3. The highest BCUT2D eigenvalue weighted by Gasteiger charge is 2.51. The zero-order chi connectivity index (χ0) is 20.2. The monoisotopic (exact) mass is 459 g/mol. The van der Waals surface area contributed by atoms with E-state index in [9.17, 15) is 19.5 Å². The third kappa shape index (κ3) is 3.59. The van der Waals surface area contributed by atoms with Crippen molar-refractivity contribution in [2.24, 2.45) is 16.5 Å². The molecule has 2 atom stereocenters. The normalized spacial score (nSPS) is 25.4. The van der Waals surface area contributed by atoms with E-state index in [2.05, 4.69) is 10.5 Å². The molecule has 3 amide bonds. The number of carbonyl (C=O) groups excluding carboxylic acids is 2. The van der Waals surface area contributed by atoms with Gasteiger partial charge in [0.15, 0.2) is 5.82 Å². The van der Waals surface area contributed by atoms with E-state index in [-0.39, 0.29) is 29.4 Å². The first-order valence-corrected chi connectivity index (χ1v) is 10.2. The SMILES string of the molecule is CC1=NC2=CN(C(N)=O)NN2C(SCC2=C(C(=O)O)N3C(=O)[C@@H](N)[C@H]3SC2)=C1.Cl. The van der Waals surface area contributed by atoms with Crippen LogP contribution >= 0.6 is 35.9 Å². The fourth-order valence-corrected chi connectivity index (χ4v) is 5.63. The van der Waals surface area contributed by atoms with Crippen molar-refractivity contribution in [3.8, 4) is 0 Å². The van der Waals surface area contributed by atoms with Crippen molar-refractivity contribution < 1.29 is 19.5 Å². The Labute approximate surface area is 180 Å². The molecule has 0 radical (unpaired) electrons. The maximum Gasteiger partial charge on any atom is 0.352 e. The van der Waals surface area contributed by atoms with E-state index in [4.69, 9.17) is 11.5 Å². The number of β-lactam (4-membered cyclic amide) rings is 1. The Morgan fingerprint density at radius 1 is 1.48 bits per heavy atom. The second-order valence-electron chi connectivity index (χ2n) is 6.35. The van der Waals surface area contributed by atoms with Crippen molar-refractivity contribution in [2.45, 2.75) is 18.3 Å². The molecule has 1 saturated heterocycles. The number of carbonyl (C=O) groups is 3. The summed E-state index contributed by atoms with van der Waals surface area (Å²) in [6.45, 7) is 1.81. The Morgan fingerprint density at radius 3 is 2.86 bits per heavy atom. The van der Waals surface area contributed by atoms with Crippen LogP contribution in [0.3, 0.4) is 0 Å². The van der Waals surface area contributed by atoms with Gasteiger partial charge in [0.25, 0.3) is 0 Å². The molecule has 0 aromatic rings. The predicted octanol–water partition coefficient (Wildman–Crippen LogP) is -0.0468. The minimum Gasteiger partial charge on any atom is -0.477 e. The van der Waals surface area contributed by atoms with Gasteiger partial charge in [0.1, 0.15) is 17.1 Å². The highest BCUT2D eigenvalue weighted by atomic mass is 35.5. The average Bonchev–Trinajstić information content (AvgIpc) is 3.08. The average molecular weight is 460 g/mol. The third-order valence-electron chi connectivity index (χ3n) is 4.45. The Bertz CT molecular complexity index is 918. The number of aliphatic carboxylic acids is 1. The number of rotatable bonds is 4. The van der Waals surface area contributed by atoms with Crippen LogP contribution in [0, 0.1) is 0 Å². The first kappa shape index (κ1) is 21.5. The van der Waals surface area contributed by atoms with Gasteiger partial charge in [-0.3, -0.25) is 9.69 Å². The number of carboxylic acids is 1. The van der Waals surface area contributed by atoms with Crippen molar-refractivity contribution in [3.05, 3.63) is 34.4 Å². The van der Waals surface area contributed by atoms with Crippen molar-refractivity contribution in [2.75, 3.05) is 11.5 Å². The molecule has 0 spiro atoms. The van der Waals surface area contributed by atoms with E-state index in [1.54, 1.807) is 5.01 Å². The standard InChI is InChI=1S/C15H17N7O4S2.ClH/c1-6-2-9(22-8(18-6)3-20(19-22)15(17)26)27-4-7-5-28-13-10(16)12(23)21(13)11(7)14(24)25;/h2-3,10,13,19H,4-5,16H2,1H3,(H2,17,26)(H,24,25);1H/t10-,13-;/m1./s1. The van der Waals surface area contributed by atoms with E-state index >= 15 is 0 Å². The summed E-state index contributed by atoms with van der Waals surface area (Å²) in [6, 6.07) is -1.34. The third-order valence-corrected chi connectivity index (χ3v) is 6.90. The van der Waals surface area contributed by atoms with Crippen LogP contribution in [0.2, 0.25) is 0 Å². The number of amides is 3. The minimum absolute atomic E-state index is 0. The molecule has 0 bridgehead atoms. The lowest BCUT2D eigenvalue weighted by Crippen LogP contribution is -2.68. The van der Waals surface area contributed by atoms with Crippen molar-refractivity contribution in [1.82, 2.24) is 20.5 Å². The summed E-state index contributed by atoms with van der Waals surface area (Å²) in [4.78, 5) is 40.8. The van der Waals surface area contributed by atoms with Crippen LogP contribution < -0.4 is 17.0 Å². The molecule has 4 aliphatic heterocycles. The van der Waals surface area contributed by atoms with Gasteiger partial charge in [0, 0.05) is 17.2 Å². The van der Waals surface area contributed by atoms with E-state index in [0.29, 0.717) is 22.9 Å². The number of primary amides is 1. The highest BCUT2D eigenvalue weighted by molar-refractivity contribution is 8.03. The summed E-state index contributed by atoms with van der Waals surface area (Å²) in [5.41, 5.74) is 15.2. The number of carboxylic acid groups (broad SMARTS) is 1. The van der Waals surface area contributed by atoms with Crippen LogP contribution in [-0.2, 0) is 9.59 Å². The Kier molecular flexibility index (Phi) is 5.87.